The van der Waals surface area contributed by atoms with E-state index in [0.29, 0.717) is 6.54 Å². The minimum absolute atomic E-state index is 0.0468. The summed E-state index contributed by atoms with van der Waals surface area (Å²) in [7, 11) is 1.88. The molecule has 21 heavy (non-hydrogen) atoms. The summed E-state index contributed by atoms with van der Waals surface area (Å²) in [6.07, 6.45) is 0.861. The van der Waals surface area contributed by atoms with Gasteiger partial charge < -0.3 is 15.4 Å². The van der Waals surface area contributed by atoms with Gasteiger partial charge in [-0.15, -0.1) is 11.3 Å². The Balaban J connectivity index is 1.73. The van der Waals surface area contributed by atoms with Gasteiger partial charge in [-0.1, -0.05) is 24.3 Å². The number of ether oxygens (including phenoxy) is 1. The molecule has 0 radical (unpaired) electrons. The van der Waals surface area contributed by atoms with Gasteiger partial charge in [-0.2, -0.15) is 0 Å². The van der Waals surface area contributed by atoms with Gasteiger partial charge in [0.1, 0.15) is 5.75 Å². The van der Waals surface area contributed by atoms with Crippen molar-refractivity contribution in [1.82, 2.24) is 10.6 Å². The van der Waals surface area contributed by atoms with Crippen molar-refractivity contribution in [3.63, 3.8) is 0 Å². The Kier molecular flexibility index (Phi) is 6.24. The van der Waals surface area contributed by atoms with Crippen LogP contribution in [0, 0.1) is 0 Å². The zero-order chi connectivity index (χ0) is 14.9. The van der Waals surface area contributed by atoms with Gasteiger partial charge in [-0.25, -0.2) is 0 Å². The summed E-state index contributed by atoms with van der Waals surface area (Å²) in [4.78, 5) is 13.0. The molecule has 0 saturated carbocycles. The van der Waals surface area contributed by atoms with Crippen LogP contribution in [0.15, 0.2) is 41.8 Å². The lowest BCUT2D eigenvalue weighted by atomic mass is 10.2. The molecule has 0 unspecified atom stereocenters. The topological polar surface area (TPSA) is 50.4 Å². The number of benzene rings is 1. The number of para-hydroxylation sites is 1. The Hall–Kier alpha value is -1.85. The highest BCUT2D eigenvalue weighted by Gasteiger charge is 2.06. The van der Waals surface area contributed by atoms with E-state index in [1.807, 2.05) is 42.8 Å². The van der Waals surface area contributed by atoms with Gasteiger partial charge in [0.25, 0.3) is 5.91 Å². The van der Waals surface area contributed by atoms with E-state index in [0.717, 1.165) is 24.3 Å². The molecule has 0 atom stereocenters. The van der Waals surface area contributed by atoms with Crippen LogP contribution in [0.5, 0.6) is 5.75 Å². The molecule has 1 amide bonds. The van der Waals surface area contributed by atoms with Gasteiger partial charge in [0, 0.05) is 23.5 Å². The van der Waals surface area contributed by atoms with Gasteiger partial charge >= 0.3 is 0 Å². The van der Waals surface area contributed by atoms with E-state index in [-0.39, 0.29) is 12.5 Å². The summed E-state index contributed by atoms with van der Waals surface area (Å²) in [6, 6.07) is 11.8. The second-order valence-corrected chi connectivity index (χ2v) is 5.64. The summed E-state index contributed by atoms with van der Waals surface area (Å²) in [6.45, 7) is 1.40. The molecule has 0 fully saturated rings. The Labute approximate surface area is 129 Å². The van der Waals surface area contributed by atoms with E-state index in [4.69, 9.17) is 4.74 Å². The van der Waals surface area contributed by atoms with Gasteiger partial charge in [0.15, 0.2) is 6.61 Å². The minimum atomic E-state index is -0.0918. The number of nitrogens with one attached hydrogen (secondary N) is 2. The Morgan fingerprint density at radius 1 is 1.24 bits per heavy atom. The standard InChI is InChI=1S/C16H20N2O2S/c1-17-11-13-5-2-3-7-15(13)20-12-16(19)18-9-8-14-6-4-10-21-14/h2-7,10,17H,8-9,11-12H2,1H3,(H,18,19). The van der Waals surface area contributed by atoms with E-state index in [2.05, 4.69) is 16.7 Å². The monoisotopic (exact) mass is 304 g/mol. The highest BCUT2D eigenvalue weighted by molar-refractivity contribution is 7.09. The number of thiophene rings is 1. The third-order valence-corrected chi connectivity index (χ3v) is 3.91. The zero-order valence-corrected chi connectivity index (χ0v) is 12.9. The highest BCUT2D eigenvalue weighted by Crippen LogP contribution is 2.17. The molecule has 0 saturated heterocycles. The number of carbonyl (C=O) groups is 1. The van der Waals surface area contributed by atoms with Crippen molar-refractivity contribution in [1.29, 1.82) is 0 Å². The summed E-state index contributed by atoms with van der Waals surface area (Å²) >= 11 is 1.70. The fraction of sp³-hybridized carbons (Fsp3) is 0.312. The number of carbonyl (C=O) groups excluding carboxylic acids is 1. The molecule has 1 aromatic carbocycles. The van der Waals surface area contributed by atoms with Crippen molar-refractivity contribution in [2.45, 2.75) is 13.0 Å². The molecule has 4 nitrogen and oxygen atoms in total. The first kappa shape index (κ1) is 15.5. The van der Waals surface area contributed by atoms with Crippen molar-refractivity contribution >= 4 is 17.2 Å². The van der Waals surface area contributed by atoms with Crippen LogP contribution < -0.4 is 15.4 Å². The predicted molar refractivity (Wildman–Crippen MR) is 85.7 cm³/mol. The molecule has 0 aliphatic heterocycles. The first-order valence-electron chi connectivity index (χ1n) is 6.94. The smallest absolute Gasteiger partial charge is 0.257 e. The molecule has 2 aromatic rings. The fourth-order valence-electron chi connectivity index (χ4n) is 1.96. The second kappa shape index (κ2) is 8.44. The highest BCUT2D eigenvalue weighted by atomic mass is 32.1. The van der Waals surface area contributed by atoms with Gasteiger partial charge in [-0.05, 0) is 31.0 Å². The molecule has 0 aliphatic carbocycles. The first-order valence-corrected chi connectivity index (χ1v) is 7.82. The van der Waals surface area contributed by atoms with Gasteiger partial charge in [0.05, 0.1) is 0 Å². The second-order valence-electron chi connectivity index (χ2n) is 4.61. The van der Waals surface area contributed by atoms with Crippen molar-refractivity contribution < 1.29 is 9.53 Å². The van der Waals surface area contributed by atoms with Crippen LogP contribution >= 0.6 is 11.3 Å². The molecule has 0 bridgehead atoms. The van der Waals surface area contributed by atoms with Crippen LogP contribution in [-0.2, 0) is 17.8 Å². The molecule has 1 aromatic heterocycles. The quantitative estimate of drug-likeness (QED) is 0.786. The van der Waals surface area contributed by atoms with E-state index in [1.54, 1.807) is 11.3 Å². The molecule has 2 rings (SSSR count). The Morgan fingerprint density at radius 3 is 2.86 bits per heavy atom. The van der Waals surface area contributed by atoms with E-state index < -0.39 is 0 Å². The average Bonchev–Trinajstić information content (AvgIpc) is 3.00. The molecule has 112 valence electrons. The summed E-state index contributed by atoms with van der Waals surface area (Å²) < 4.78 is 5.59. The lowest BCUT2D eigenvalue weighted by Gasteiger charge is -2.11. The van der Waals surface area contributed by atoms with Crippen LogP contribution in [0.4, 0.5) is 0 Å². The Morgan fingerprint density at radius 2 is 2.10 bits per heavy atom. The van der Waals surface area contributed by atoms with Crippen LogP contribution in [0.3, 0.4) is 0 Å². The number of amides is 1. The summed E-state index contributed by atoms with van der Waals surface area (Å²) in [5.74, 6) is 0.658. The largest absolute Gasteiger partial charge is 0.483 e. The first-order chi connectivity index (χ1) is 10.3. The minimum Gasteiger partial charge on any atom is -0.483 e. The maximum atomic E-state index is 11.8. The van der Waals surface area contributed by atoms with Crippen molar-refractivity contribution in [3.05, 3.63) is 52.2 Å². The lowest BCUT2D eigenvalue weighted by Crippen LogP contribution is -2.30. The molecular weight excluding hydrogens is 284 g/mol. The normalized spacial score (nSPS) is 10.3. The third-order valence-electron chi connectivity index (χ3n) is 2.97. The van der Waals surface area contributed by atoms with Crippen molar-refractivity contribution in [3.8, 4) is 5.75 Å². The predicted octanol–water partition coefficient (Wildman–Crippen LogP) is 2.21. The van der Waals surface area contributed by atoms with Crippen LogP contribution in [-0.4, -0.2) is 26.1 Å². The van der Waals surface area contributed by atoms with E-state index in [9.17, 15) is 4.79 Å². The fourth-order valence-corrected chi connectivity index (χ4v) is 2.66. The molecule has 0 spiro atoms. The van der Waals surface area contributed by atoms with Gasteiger partial charge in [-0.3, -0.25) is 4.79 Å². The van der Waals surface area contributed by atoms with Crippen molar-refractivity contribution in [2.75, 3.05) is 20.2 Å². The van der Waals surface area contributed by atoms with E-state index in [1.165, 1.54) is 4.88 Å². The molecule has 5 heteroatoms. The zero-order valence-electron chi connectivity index (χ0n) is 12.1. The van der Waals surface area contributed by atoms with Crippen LogP contribution in [0.1, 0.15) is 10.4 Å². The van der Waals surface area contributed by atoms with Crippen LogP contribution in [0.2, 0.25) is 0 Å². The third kappa shape index (κ3) is 5.21. The molecule has 1 heterocycles. The van der Waals surface area contributed by atoms with Gasteiger partial charge in [0.2, 0.25) is 0 Å². The molecule has 0 aliphatic rings. The summed E-state index contributed by atoms with van der Waals surface area (Å²) in [5, 5.41) is 7.99. The number of rotatable bonds is 8. The van der Waals surface area contributed by atoms with Crippen LogP contribution in [0.25, 0.3) is 0 Å². The molecule has 2 N–H and O–H groups in total. The number of hydrogen-bond acceptors (Lipinski definition) is 4. The maximum Gasteiger partial charge on any atom is 0.257 e. The lowest BCUT2D eigenvalue weighted by molar-refractivity contribution is -0.123. The number of hydrogen-bond donors (Lipinski definition) is 2. The maximum absolute atomic E-state index is 11.8. The van der Waals surface area contributed by atoms with Crippen molar-refractivity contribution in [2.24, 2.45) is 0 Å². The van der Waals surface area contributed by atoms with E-state index >= 15 is 0 Å². The summed E-state index contributed by atoms with van der Waals surface area (Å²) in [5.41, 5.74) is 1.05. The Bertz CT molecular complexity index is 555. The SMILES string of the molecule is CNCc1ccccc1OCC(=O)NCCc1cccs1. The molecular formula is C16H20N2O2S. The average molecular weight is 304 g/mol.